The molecule has 1 spiro atoms. The van der Waals surface area contributed by atoms with Gasteiger partial charge in [-0.15, -0.1) is 0 Å². The molecule has 2 fully saturated rings. The number of halogens is 1. The second kappa shape index (κ2) is 6.75. The third-order valence-corrected chi connectivity index (χ3v) is 6.25. The highest BCUT2D eigenvalue weighted by molar-refractivity contribution is 7.92. The Kier molecular flexibility index (Phi) is 4.64. The van der Waals surface area contributed by atoms with Crippen molar-refractivity contribution in [1.29, 1.82) is 0 Å². The quantitative estimate of drug-likeness (QED) is 0.682. The summed E-state index contributed by atoms with van der Waals surface area (Å²) in [6, 6.07) is 5.16. The molecule has 4 rings (SSSR count). The Morgan fingerprint density at radius 3 is 2.57 bits per heavy atom. The highest BCUT2D eigenvalue weighted by Gasteiger charge is 2.52. The van der Waals surface area contributed by atoms with Gasteiger partial charge in [0.15, 0.2) is 0 Å². The van der Waals surface area contributed by atoms with Gasteiger partial charge in [0.1, 0.15) is 0 Å². The Hall–Kier alpha value is -2.10. The monoisotopic (exact) mass is 423 g/mol. The molecule has 0 atom stereocenters. The normalized spacial score (nSPS) is 26.4. The second-order valence-corrected chi connectivity index (χ2v) is 10.2. The van der Waals surface area contributed by atoms with E-state index in [1.54, 1.807) is 12.3 Å². The molecule has 1 heterocycles. The molecule has 0 aliphatic heterocycles. The fraction of sp³-hybridized carbons (Fsp3) is 0.444. The summed E-state index contributed by atoms with van der Waals surface area (Å²) in [6.45, 7) is 0. The predicted octanol–water partition coefficient (Wildman–Crippen LogP) is 2.60. The van der Waals surface area contributed by atoms with Crippen LogP contribution >= 0.6 is 11.6 Å². The molecule has 8 nitrogen and oxygen atoms in total. The molecule has 0 bridgehead atoms. The van der Waals surface area contributed by atoms with Crippen LogP contribution in [0.25, 0.3) is 0 Å². The molecular weight excluding hydrogens is 402 g/mol. The van der Waals surface area contributed by atoms with Gasteiger partial charge in [0.25, 0.3) is 5.91 Å². The summed E-state index contributed by atoms with van der Waals surface area (Å²) >= 11 is 6.03. The number of anilines is 2. The molecule has 2 aliphatic rings. The molecule has 1 aromatic carbocycles. The topological polar surface area (TPSA) is 119 Å². The van der Waals surface area contributed by atoms with Gasteiger partial charge in [-0.3, -0.25) is 14.2 Å². The third-order valence-electron chi connectivity index (χ3n) is 5.42. The van der Waals surface area contributed by atoms with Crippen molar-refractivity contribution in [1.82, 2.24) is 9.78 Å². The number of nitrogens with two attached hydrogens (primary N) is 1. The zero-order valence-corrected chi connectivity index (χ0v) is 16.9. The minimum Gasteiger partial charge on any atom is -0.328 e. The van der Waals surface area contributed by atoms with Crippen LogP contribution in [-0.2, 0) is 10.0 Å². The average molecular weight is 424 g/mol. The van der Waals surface area contributed by atoms with Crippen LogP contribution in [0.5, 0.6) is 0 Å². The van der Waals surface area contributed by atoms with Crippen molar-refractivity contribution in [3.05, 3.63) is 41.2 Å². The Bertz CT molecular complexity index is 1020. The number of hydrogen-bond donors (Lipinski definition) is 3. The van der Waals surface area contributed by atoms with E-state index in [-0.39, 0.29) is 11.6 Å². The fourth-order valence-electron chi connectivity index (χ4n) is 4.31. The van der Waals surface area contributed by atoms with Crippen molar-refractivity contribution in [2.24, 2.45) is 11.1 Å². The van der Waals surface area contributed by atoms with E-state index >= 15 is 0 Å². The number of nitrogens with one attached hydrogen (secondary N) is 2. The maximum atomic E-state index is 12.5. The molecule has 150 valence electrons. The predicted molar refractivity (Wildman–Crippen MR) is 108 cm³/mol. The van der Waals surface area contributed by atoms with E-state index < -0.39 is 10.0 Å². The van der Waals surface area contributed by atoms with Crippen molar-refractivity contribution < 1.29 is 13.2 Å². The van der Waals surface area contributed by atoms with Gasteiger partial charge in [-0.05, 0) is 49.3 Å². The van der Waals surface area contributed by atoms with Crippen LogP contribution in [-0.4, -0.2) is 36.4 Å². The van der Waals surface area contributed by atoms with Gasteiger partial charge in [0, 0.05) is 22.9 Å². The number of carbonyl (C=O) groups is 1. The third kappa shape index (κ3) is 4.01. The summed E-state index contributed by atoms with van der Waals surface area (Å²) in [5, 5.41) is 7.37. The highest BCUT2D eigenvalue weighted by atomic mass is 35.5. The Balaban J connectivity index is 1.41. The standard InChI is InChI=1S/C18H22ClN5O3S/c1-28(26,27)23-15-3-12(19)2-14(4-15)22-17(25)11-9-21-24(10-11)16-7-18(8-16)5-13(20)6-18/h2-4,9-10,13,16,23H,5-8,20H2,1H3,(H,22,25). The summed E-state index contributed by atoms with van der Waals surface area (Å²) in [4.78, 5) is 12.5. The van der Waals surface area contributed by atoms with Gasteiger partial charge in [0.05, 0.1) is 29.7 Å². The van der Waals surface area contributed by atoms with Crippen molar-refractivity contribution in [3.63, 3.8) is 0 Å². The number of sulfonamides is 1. The van der Waals surface area contributed by atoms with E-state index in [9.17, 15) is 13.2 Å². The van der Waals surface area contributed by atoms with E-state index in [0.717, 1.165) is 31.9 Å². The second-order valence-electron chi connectivity index (χ2n) is 8.00. The van der Waals surface area contributed by atoms with Crippen LogP contribution in [0.2, 0.25) is 5.02 Å². The van der Waals surface area contributed by atoms with Crippen LogP contribution in [0.4, 0.5) is 11.4 Å². The number of nitrogens with zero attached hydrogens (tertiary/aromatic N) is 2. The average Bonchev–Trinajstić information content (AvgIpc) is 2.96. The van der Waals surface area contributed by atoms with E-state index in [0.29, 0.717) is 33.8 Å². The first-order chi connectivity index (χ1) is 13.1. The number of amides is 1. The SMILES string of the molecule is CS(=O)(=O)Nc1cc(Cl)cc(NC(=O)c2cnn(C3CC4(CC(N)C4)C3)c2)c1. The van der Waals surface area contributed by atoms with Crippen LogP contribution in [0.1, 0.15) is 42.1 Å². The minimum atomic E-state index is -3.45. The molecule has 1 amide bonds. The maximum absolute atomic E-state index is 12.5. The number of hydrogen-bond acceptors (Lipinski definition) is 5. The molecule has 28 heavy (non-hydrogen) atoms. The van der Waals surface area contributed by atoms with E-state index in [1.807, 2.05) is 4.68 Å². The zero-order valence-electron chi connectivity index (χ0n) is 15.4. The molecule has 2 aliphatic carbocycles. The van der Waals surface area contributed by atoms with Crippen molar-refractivity contribution in [2.45, 2.75) is 37.8 Å². The number of carbonyl (C=O) groups excluding carboxylic acids is 1. The molecule has 0 radical (unpaired) electrons. The summed E-state index contributed by atoms with van der Waals surface area (Å²) in [6.07, 6.45) is 8.59. The van der Waals surface area contributed by atoms with Gasteiger partial charge < -0.3 is 11.1 Å². The zero-order chi connectivity index (χ0) is 20.1. The maximum Gasteiger partial charge on any atom is 0.258 e. The Morgan fingerprint density at radius 1 is 1.25 bits per heavy atom. The Morgan fingerprint density at radius 2 is 1.93 bits per heavy atom. The molecule has 2 aromatic rings. The van der Waals surface area contributed by atoms with Gasteiger partial charge in [-0.25, -0.2) is 8.42 Å². The molecule has 10 heteroatoms. The van der Waals surface area contributed by atoms with E-state index in [1.165, 1.54) is 18.3 Å². The molecule has 4 N–H and O–H groups in total. The van der Waals surface area contributed by atoms with Crippen LogP contribution in [0, 0.1) is 5.41 Å². The number of rotatable bonds is 5. The number of benzene rings is 1. The summed E-state index contributed by atoms with van der Waals surface area (Å²) in [5.74, 6) is -0.335. The fourth-order valence-corrected chi connectivity index (χ4v) is 5.09. The molecular formula is C18H22ClN5O3S. The Labute approximate surface area is 168 Å². The van der Waals surface area contributed by atoms with Crippen molar-refractivity contribution >= 4 is 38.9 Å². The van der Waals surface area contributed by atoms with Gasteiger partial charge >= 0.3 is 0 Å². The first kappa shape index (κ1) is 19.2. The lowest BCUT2D eigenvalue weighted by Gasteiger charge is -2.56. The summed E-state index contributed by atoms with van der Waals surface area (Å²) in [5.41, 5.74) is 7.39. The summed E-state index contributed by atoms with van der Waals surface area (Å²) in [7, 11) is -3.45. The lowest BCUT2D eigenvalue weighted by Crippen LogP contribution is -2.53. The van der Waals surface area contributed by atoms with Gasteiger partial charge in [-0.1, -0.05) is 11.6 Å². The lowest BCUT2D eigenvalue weighted by molar-refractivity contribution is -0.0362. The lowest BCUT2D eigenvalue weighted by atomic mass is 9.52. The molecule has 0 saturated heterocycles. The van der Waals surface area contributed by atoms with Gasteiger partial charge in [-0.2, -0.15) is 5.10 Å². The van der Waals surface area contributed by atoms with Crippen molar-refractivity contribution in [2.75, 3.05) is 16.3 Å². The first-order valence-electron chi connectivity index (χ1n) is 9.00. The van der Waals surface area contributed by atoms with Crippen molar-refractivity contribution in [3.8, 4) is 0 Å². The molecule has 1 aromatic heterocycles. The number of aromatic nitrogens is 2. The van der Waals surface area contributed by atoms with Crippen LogP contribution in [0.3, 0.4) is 0 Å². The van der Waals surface area contributed by atoms with Crippen LogP contribution < -0.4 is 15.8 Å². The van der Waals surface area contributed by atoms with E-state index in [4.69, 9.17) is 17.3 Å². The van der Waals surface area contributed by atoms with Gasteiger partial charge in [0.2, 0.25) is 10.0 Å². The summed E-state index contributed by atoms with van der Waals surface area (Å²) < 4.78 is 27.0. The highest BCUT2D eigenvalue weighted by Crippen LogP contribution is 2.59. The first-order valence-corrected chi connectivity index (χ1v) is 11.3. The van der Waals surface area contributed by atoms with Crippen LogP contribution in [0.15, 0.2) is 30.6 Å². The smallest absolute Gasteiger partial charge is 0.258 e. The van der Waals surface area contributed by atoms with E-state index in [2.05, 4.69) is 15.1 Å². The minimum absolute atomic E-state index is 0.277. The molecule has 2 saturated carbocycles. The largest absolute Gasteiger partial charge is 0.328 e. The molecule has 0 unspecified atom stereocenters.